The van der Waals surface area contributed by atoms with Crippen molar-refractivity contribution in [3.63, 3.8) is 0 Å². The number of nitrogens with zero attached hydrogens (tertiary/aromatic N) is 6. The number of rotatable bonds is 4. The SMILES string of the molecule is CC(C)(C)C1(CNc2ccnc(-c3cnc4ccc(C#N)cn34)n2)CCCCN1C(=O)O. The highest BCUT2D eigenvalue weighted by atomic mass is 16.4. The molecule has 0 bridgehead atoms. The molecule has 4 heterocycles. The predicted molar refractivity (Wildman–Crippen MR) is 120 cm³/mol. The second-order valence-electron chi connectivity index (χ2n) is 9.19. The Morgan fingerprint density at radius 2 is 2.09 bits per heavy atom. The van der Waals surface area contributed by atoms with Crippen LogP contribution in [0.3, 0.4) is 0 Å². The Morgan fingerprint density at radius 3 is 2.81 bits per heavy atom. The lowest BCUT2D eigenvalue weighted by Crippen LogP contribution is -2.64. The first-order valence-electron chi connectivity index (χ1n) is 10.7. The fourth-order valence-electron chi connectivity index (χ4n) is 4.57. The van der Waals surface area contributed by atoms with Gasteiger partial charge in [-0.3, -0.25) is 4.40 Å². The minimum atomic E-state index is -0.885. The number of nitriles is 1. The van der Waals surface area contributed by atoms with Crippen LogP contribution in [0.25, 0.3) is 17.2 Å². The highest BCUT2D eigenvalue weighted by Gasteiger charge is 2.50. The van der Waals surface area contributed by atoms with Gasteiger partial charge in [0, 0.05) is 25.5 Å². The summed E-state index contributed by atoms with van der Waals surface area (Å²) in [5, 5.41) is 22.5. The molecule has 1 saturated heterocycles. The first kappa shape index (κ1) is 21.6. The predicted octanol–water partition coefficient (Wildman–Crippen LogP) is 4.02. The minimum Gasteiger partial charge on any atom is -0.465 e. The molecule has 166 valence electrons. The van der Waals surface area contributed by atoms with Crippen LogP contribution in [0, 0.1) is 16.7 Å². The van der Waals surface area contributed by atoms with Crippen molar-refractivity contribution in [1.29, 1.82) is 5.26 Å². The average molecular weight is 434 g/mol. The van der Waals surface area contributed by atoms with Gasteiger partial charge in [0.05, 0.1) is 17.3 Å². The molecule has 1 atom stereocenters. The van der Waals surface area contributed by atoms with Crippen LogP contribution < -0.4 is 5.32 Å². The largest absolute Gasteiger partial charge is 0.465 e. The standard InChI is InChI=1S/C23H27N7O2/c1-22(2,3)23(9-4-5-11-30(23)21(31)32)15-27-18-8-10-25-20(28-18)17-13-26-19-7-6-16(12-24)14-29(17)19/h6-8,10,13-14H,4-5,9,11,15H2,1-3H3,(H,31,32)(H,25,27,28). The third kappa shape index (κ3) is 3.73. The monoisotopic (exact) mass is 433 g/mol. The summed E-state index contributed by atoms with van der Waals surface area (Å²) in [6.07, 6.45) is 6.82. The molecular formula is C23H27N7O2. The number of anilines is 1. The molecule has 1 amide bonds. The van der Waals surface area contributed by atoms with Gasteiger partial charge in [0.15, 0.2) is 5.82 Å². The lowest BCUT2D eigenvalue weighted by molar-refractivity contribution is -0.0155. The lowest BCUT2D eigenvalue weighted by Gasteiger charge is -2.53. The van der Waals surface area contributed by atoms with Gasteiger partial charge < -0.3 is 15.3 Å². The van der Waals surface area contributed by atoms with E-state index in [2.05, 4.69) is 47.1 Å². The van der Waals surface area contributed by atoms with E-state index in [0.717, 1.165) is 19.3 Å². The number of aromatic nitrogens is 4. The van der Waals surface area contributed by atoms with E-state index < -0.39 is 11.6 Å². The number of likely N-dealkylation sites (tertiary alicyclic amines) is 1. The van der Waals surface area contributed by atoms with Crippen LogP contribution in [-0.2, 0) is 0 Å². The van der Waals surface area contributed by atoms with Gasteiger partial charge in [-0.05, 0) is 42.9 Å². The van der Waals surface area contributed by atoms with Crippen molar-refractivity contribution in [3.8, 4) is 17.6 Å². The molecule has 0 radical (unpaired) electrons. The van der Waals surface area contributed by atoms with Crippen molar-refractivity contribution in [2.75, 3.05) is 18.4 Å². The number of amides is 1. The third-order valence-electron chi connectivity index (χ3n) is 6.45. The van der Waals surface area contributed by atoms with Crippen LogP contribution in [-0.4, -0.2) is 54.1 Å². The summed E-state index contributed by atoms with van der Waals surface area (Å²) in [6.45, 7) is 7.25. The highest BCUT2D eigenvalue weighted by molar-refractivity contribution is 5.67. The molecule has 1 aliphatic rings. The quantitative estimate of drug-likeness (QED) is 0.637. The third-order valence-corrected chi connectivity index (χ3v) is 6.45. The summed E-state index contributed by atoms with van der Waals surface area (Å²) in [5.74, 6) is 1.09. The van der Waals surface area contributed by atoms with Crippen LogP contribution in [0.5, 0.6) is 0 Å². The summed E-state index contributed by atoms with van der Waals surface area (Å²) < 4.78 is 1.79. The van der Waals surface area contributed by atoms with Crippen molar-refractivity contribution in [2.45, 2.75) is 45.6 Å². The van der Waals surface area contributed by atoms with E-state index in [1.165, 1.54) is 0 Å². The van der Waals surface area contributed by atoms with Gasteiger partial charge in [0.25, 0.3) is 0 Å². The van der Waals surface area contributed by atoms with Crippen molar-refractivity contribution in [1.82, 2.24) is 24.3 Å². The van der Waals surface area contributed by atoms with Gasteiger partial charge in [0.1, 0.15) is 23.2 Å². The van der Waals surface area contributed by atoms with Crippen LogP contribution in [0.2, 0.25) is 0 Å². The Kier molecular flexibility index (Phi) is 5.46. The lowest BCUT2D eigenvalue weighted by atomic mass is 9.67. The smallest absolute Gasteiger partial charge is 0.407 e. The first-order valence-corrected chi connectivity index (χ1v) is 10.7. The molecule has 0 saturated carbocycles. The number of piperidine rings is 1. The van der Waals surface area contributed by atoms with Gasteiger partial charge in [-0.25, -0.2) is 19.7 Å². The molecule has 9 heteroatoms. The average Bonchev–Trinajstić information content (AvgIpc) is 3.20. The van der Waals surface area contributed by atoms with Gasteiger partial charge in [-0.2, -0.15) is 5.26 Å². The van der Waals surface area contributed by atoms with Gasteiger partial charge >= 0.3 is 6.09 Å². The molecule has 1 fully saturated rings. The molecule has 3 aromatic rings. The zero-order valence-corrected chi connectivity index (χ0v) is 18.5. The molecule has 32 heavy (non-hydrogen) atoms. The van der Waals surface area contributed by atoms with E-state index in [-0.39, 0.29) is 5.41 Å². The zero-order chi connectivity index (χ0) is 22.9. The van der Waals surface area contributed by atoms with E-state index >= 15 is 0 Å². The molecule has 1 aliphatic heterocycles. The number of carbonyl (C=O) groups is 1. The summed E-state index contributed by atoms with van der Waals surface area (Å²) in [4.78, 5) is 27.1. The number of hydrogen-bond donors (Lipinski definition) is 2. The molecule has 2 N–H and O–H groups in total. The van der Waals surface area contributed by atoms with Crippen molar-refractivity contribution in [3.05, 3.63) is 42.4 Å². The molecule has 0 spiro atoms. The van der Waals surface area contributed by atoms with E-state index in [1.807, 2.05) is 0 Å². The maximum atomic E-state index is 12.1. The van der Waals surface area contributed by atoms with Gasteiger partial charge in [-0.1, -0.05) is 20.8 Å². The molecule has 9 nitrogen and oxygen atoms in total. The summed E-state index contributed by atoms with van der Waals surface area (Å²) >= 11 is 0. The van der Waals surface area contributed by atoms with Crippen molar-refractivity contribution < 1.29 is 9.90 Å². The number of nitrogens with one attached hydrogen (secondary N) is 1. The topological polar surface area (TPSA) is 119 Å². The fraction of sp³-hybridized carbons (Fsp3) is 0.435. The van der Waals surface area contributed by atoms with E-state index in [1.54, 1.807) is 46.1 Å². The van der Waals surface area contributed by atoms with Crippen LogP contribution in [0.1, 0.15) is 45.6 Å². The number of imidazole rings is 1. The van der Waals surface area contributed by atoms with Crippen molar-refractivity contribution in [2.24, 2.45) is 5.41 Å². The Morgan fingerprint density at radius 1 is 1.28 bits per heavy atom. The fourth-order valence-corrected chi connectivity index (χ4v) is 4.57. The van der Waals surface area contributed by atoms with Gasteiger partial charge in [-0.15, -0.1) is 0 Å². The zero-order valence-electron chi connectivity index (χ0n) is 18.5. The van der Waals surface area contributed by atoms with E-state index in [0.29, 0.717) is 41.6 Å². The Labute approximate surface area is 186 Å². The molecule has 4 rings (SSSR count). The number of pyridine rings is 1. The molecule has 3 aromatic heterocycles. The number of carboxylic acid groups (broad SMARTS) is 1. The maximum absolute atomic E-state index is 12.1. The second kappa shape index (κ2) is 8.11. The van der Waals surface area contributed by atoms with Gasteiger partial charge in [0.2, 0.25) is 0 Å². The van der Waals surface area contributed by atoms with Crippen LogP contribution in [0.15, 0.2) is 36.8 Å². The summed E-state index contributed by atoms with van der Waals surface area (Å²) in [7, 11) is 0. The number of hydrogen-bond acceptors (Lipinski definition) is 6. The summed E-state index contributed by atoms with van der Waals surface area (Å²) in [6, 6.07) is 7.40. The normalized spacial score (nSPS) is 19.0. The highest BCUT2D eigenvalue weighted by Crippen LogP contribution is 2.42. The Bertz CT molecular complexity index is 1190. The van der Waals surface area contributed by atoms with E-state index in [9.17, 15) is 15.2 Å². The number of fused-ring (bicyclic) bond motifs is 1. The molecule has 0 aromatic carbocycles. The van der Waals surface area contributed by atoms with Crippen molar-refractivity contribution >= 4 is 17.6 Å². The van der Waals surface area contributed by atoms with Crippen LogP contribution >= 0.6 is 0 Å². The Balaban J connectivity index is 1.64. The molecule has 0 aliphatic carbocycles. The second-order valence-corrected chi connectivity index (χ2v) is 9.19. The van der Waals surface area contributed by atoms with Crippen LogP contribution in [0.4, 0.5) is 10.6 Å². The maximum Gasteiger partial charge on any atom is 0.407 e. The first-order chi connectivity index (χ1) is 15.2. The molecular weight excluding hydrogens is 406 g/mol. The Hall–Kier alpha value is -3.67. The van der Waals surface area contributed by atoms with E-state index in [4.69, 9.17) is 0 Å². The molecule has 1 unspecified atom stereocenters. The minimum absolute atomic E-state index is 0.260. The summed E-state index contributed by atoms with van der Waals surface area (Å²) in [5.41, 5.74) is 1.09.